The van der Waals surface area contributed by atoms with Crippen LogP contribution in [0.4, 0.5) is 0 Å². The molecule has 2 aromatic rings. The summed E-state index contributed by atoms with van der Waals surface area (Å²) in [6, 6.07) is 11.6. The summed E-state index contributed by atoms with van der Waals surface area (Å²) in [7, 11) is 1.58. The molecule has 30 heavy (non-hydrogen) atoms. The zero-order valence-electron chi connectivity index (χ0n) is 17.9. The van der Waals surface area contributed by atoms with Gasteiger partial charge in [-0.3, -0.25) is 0 Å². The Morgan fingerprint density at radius 1 is 1.17 bits per heavy atom. The molecule has 158 valence electrons. The molecular weight excluding hydrogens is 446 g/mol. The molecule has 5 nitrogen and oxygen atoms in total. The molecule has 0 atom stereocenters. The number of methoxy groups -OCH3 is 1. The minimum atomic E-state index is -0.480. The van der Waals surface area contributed by atoms with Gasteiger partial charge in [-0.1, -0.05) is 39.8 Å². The van der Waals surface area contributed by atoms with Crippen molar-refractivity contribution in [3.63, 3.8) is 0 Å². The van der Waals surface area contributed by atoms with Crippen LogP contribution in [0.25, 0.3) is 6.08 Å². The van der Waals surface area contributed by atoms with Gasteiger partial charge in [0, 0.05) is 5.56 Å². The molecule has 0 bridgehead atoms. The van der Waals surface area contributed by atoms with E-state index in [9.17, 15) is 4.79 Å². The van der Waals surface area contributed by atoms with Gasteiger partial charge in [0.1, 0.15) is 0 Å². The van der Waals surface area contributed by atoms with Gasteiger partial charge in [0.15, 0.2) is 17.2 Å². The molecule has 0 amide bonds. The summed E-state index contributed by atoms with van der Waals surface area (Å²) in [6.07, 6.45) is 2.57. The summed E-state index contributed by atoms with van der Waals surface area (Å²) < 4.78 is 17.3. The van der Waals surface area contributed by atoms with Crippen molar-refractivity contribution in [3.8, 4) is 11.5 Å². The van der Waals surface area contributed by atoms with E-state index < -0.39 is 5.97 Å². The number of halogens is 1. The predicted octanol–water partition coefficient (Wildman–Crippen LogP) is 5.89. The van der Waals surface area contributed by atoms with Gasteiger partial charge in [0.25, 0.3) is 0 Å². The quantitative estimate of drug-likeness (QED) is 0.389. The Morgan fingerprint density at radius 3 is 2.47 bits per heavy atom. The van der Waals surface area contributed by atoms with Crippen molar-refractivity contribution in [2.24, 2.45) is 4.99 Å². The molecule has 1 aliphatic heterocycles. The number of aliphatic imine (C=N–C) groups is 1. The van der Waals surface area contributed by atoms with Crippen molar-refractivity contribution < 1.29 is 19.0 Å². The van der Waals surface area contributed by atoms with Crippen LogP contribution < -0.4 is 9.47 Å². The molecule has 1 aliphatic rings. The Hall–Kier alpha value is -2.60. The predicted molar refractivity (Wildman–Crippen MR) is 122 cm³/mol. The second-order valence-corrected chi connectivity index (χ2v) is 8.90. The fraction of sp³-hybridized carbons (Fsp3) is 0.333. The van der Waals surface area contributed by atoms with Crippen LogP contribution in [-0.2, 0) is 14.9 Å². The van der Waals surface area contributed by atoms with Crippen molar-refractivity contribution in [2.45, 2.75) is 39.5 Å². The second-order valence-electron chi connectivity index (χ2n) is 8.05. The number of rotatable bonds is 6. The standard InChI is InChI=1S/C24H26BrNO4/c1-6-11-29-21-18(25)12-15(14-20(21)28-5)13-19-23(27)30-22(26-19)16-7-9-17(10-8-16)24(2,3)4/h7-10,12-14H,6,11H2,1-5H3/b19-13-. The van der Waals surface area contributed by atoms with Crippen molar-refractivity contribution in [3.05, 3.63) is 63.3 Å². The topological polar surface area (TPSA) is 57.1 Å². The van der Waals surface area contributed by atoms with Crippen LogP contribution in [0, 0.1) is 0 Å². The van der Waals surface area contributed by atoms with Gasteiger partial charge in [-0.15, -0.1) is 0 Å². The van der Waals surface area contributed by atoms with E-state index in [2.05, 4.69) is 41.7 Å². The van der Waals surface area contributed by atoms with Crippen molar-refractivity contribution in [2.75, 3.05) is 13.7 Å². The van der Waals surface area contributed by atoms with E-state index in [1.54, 1.807) is 13.2 Å². The fourth-order valence-corrected chi connectivity index (χ4v) is 3.54. The first-order valence-electron chi connectivity index (χ1n) is 9.86. The van der Waals surface area contributed by atoms with E-state index in [4.69, 9.17) is 14.2 Å². The Balaban J connectivity index is 1.89. The van der Waals surface area contributed by atoms with Crippen LogP contribution in [0.15, 0.2) is 51.6 Å². The van der Waals surface area contributed by atoms with E-state index >= 15 is 0 Å². The van der Waals surface area contributed by atoms with Gasteiger partial charge in [-0.2, -0.15) is 0 Å². The molecule has 0 aliphatic carbocycles. The van der Waals surface area contributed by atoms with Gasteiger partial charge in [-0.25, -0.2) is 9.79 Å². The largest absolute Gasteiger partial charge is 0.493 e. The molecule has 0 fully saturated rings. The highest BCUT2D eigenvalue weighted by atomic mass is 79.9. The highest BCUT2D eigenvalue weighted by Crippen LogP contribution is 2.37. The van der Waals surface area contributed by atoms with Crippen LogP contribution >= 0.6 is 15.9 Å². The summed E-state index contributed by atoms with van der Waals surface area (Å²) in [5.41, 5.74) is 3.01. The van der Waals surface area contributed by atoms with E-state index in [1.807, 2.05) is 43.3 Å². The lowest BCUT2D eigenvalue weighted by Crippen LogP contribution is -2.11. The Kier molecular flexibility index (Phi) is 6.66. The summed E-state index contributed by atoms with van der Waals surface area (Å²) in [6.45, 7) is 9.09. The normalized spacial score (nSPS) is 15.2. The molecule has 0 saturated heterocycles. The van der Waals surface area contributed by atoms with Gasteiger partial charge >= 0.3 is 5.97 Å². The van der Waals surface area contributed by atoms with Crippen LogP contribution in [0.1, 0.15) is 50.8 Å². The van der Waals surface area contributed by atoms with E-state index in [-0.39, 0.29) is 11.1 Å². The number of hydrogen-bond donors (Lipinski definition) is 0. The molecule has 2 aromatic carbocycles. The molecule has 0 N–H and O–H groups in total. The summed E-state index contributed by atoms with van der Waals surface area (Å²) in [5, 5.41) is 0. The molecule has 6 heteroatoms. The maximum absolute atomic E-state index is 12.4. The SMILES string of the molecule is CCCOc1c(Br)cc(/C=C2\N=C(c3ccc(C(C)(C)C)cc3)OC2=O)cc1OC. The number of ether oxygens (including phenoxy) is 3. The fourth-order valence-electron chi connectivity index (χ4n) is 2.97. The smallest absolute Gasteiger partial charge is 0.363 e. The second kappa shape index (κ2) is 9.04. The number of carbonyl (C=O) groups excluding carboxylic acids is 1. The summed E-state index contributed by atoms with van der Waals surface area (Å²) >= 11 is 3.52. The van der Waals surface area contributed by atoms with Crippen molar-refractivity contribution >= 4 is 33.9 Å². The molecule has 0 aromatic heterocycles. The third kappa shape index (κ3) is 4.93. The average Bonchev–Trinajstić information content (AvgIpc) is 3.06. The maximum atomic E-state index is 12.4. The van der Waals surface area contributed by atoms with Gasteiger partial charge in [0.2, 0.25) is 5.90 Å². The van der Waals surface area contributed by atoms with Crippen LogP contribution in [0.5, 0.6) is 11.5 Å². The molecule has 3 rings (SSSR count). The third-order valence-electron chi connectivity index (χ3n) is 4.62. The lowest BCUT2D eigenvalue weighted by molar-refractivity contribution is -0.129. The first kappa shape index (κ1) is 22.1. The highest BCUT2D eigenvalue weighted by molar-refractivity contribution is 9.10. The Bertz CT molecular complexity index is 1000. The molecule has 0 saturated carbocycles. The molecule has 1 heterocycles. The number of hydrogen-bond acceptors (Lipinski definition) is 5. The van der Waals surface area contributed by atoms with E-state index in [0.29, 0.717) is 24.0 Å². The molecule has 0 unspecified atom stereocenters. The van der Waals surface area contributed by atoms with Crippen molar-refractivity contribution in [1.29, 1.82) is 0 Å². The Morgan fingerprint density at radius 2 is 1.87 bits per heavy atom. The van der Waals surface area contributed by atoms with Gasteiger partial charge < -0.3 is 14.2 Å². The number of carbonyl (C=O) groups is 1. The minimum Gasteiger partial charge on any atom is -0.493 e. The first-order valence-corrected chi connectivity index (χ1v) is 10.7. The van der Waals surface area contributed by atoms with Gasteiger partial charge in [-0.05, 0) is 69.2 Å². The zero-order valence-corrected chi connectivity index (χ0v) is 19.5. The van der Waals surface area contributed by atoms with E-state index in [0.717, 1.165) is 22.0 Å². The van der Waals surface area contributed by atoms with Crippen molar-refractivity contribution in [1.82, 2.24) is 0 Å². The van der Waals surface area contributed by atoms with Crippen LogP contribution in [0.3, 0.4) is 0 Å². The molecule has 0 spiro atoms. The average molecular weight is 472 g/mol. The summed E-state index contributed by atoms with van der Waals surface area (Å²) in [4.78, 5) is 16.8. The monoisotopic (exact) mass is 471 g/mol. The number of cyclic esters (lactones) is 1. The lowest BCUT2D eigenvalue weighted by Gasteiger charge is -2.18. The van der Waals surface area contributed by atoms with Crippen LogP contribution in [0.2, 0.25) is 0 Å². The number of nitrogens with zero attached hydrogens (tertiary/aromatic N) is 1. The Labute approximate surface area is 185 Å². The minimum absolute atomic E-state index is 0.0528. The van der Waals surface area contributed by atoms with E-state index in [1.165, 1.54) is 5.56 Å². The highest BCUT2D eigenvalue weighted by Gasteiger charge is 2.25. The van der Waals surface area contributed by atoms with Gasteiger partial charge in [0.05, 0.1) is 18.2 Å². The molecule has 0 radical (unpaired) electrons. The number of esters is 1. The lowest BCUT2D eigenvalue weighted by atomic mass is 9.87. The molecular formula is C24H26BrNO4. The first-order chi connectivity index (χ1) is 14.2. The number of benzene rings is 2. The van der Waals surface area contributed by atoms with Crippen LogP contribution in [-0.4, -0.2) is 25.6 Å². The zero-order chi connectivity index (χ0) is 21.9. The third-order valence-corrected chi connectivity index (χ3v) is 5.21. The summed E-state index contributed by atoms with van der Waals surface area (Å²) in [5.74, 6) is 1.04. The maximum Gasteiger partial charge on any atom is 0.363 e.